The molecule has 2 N–H and O–H groups in total. The summed E-state index contributed by atoms with van der Waals surface area (Å²) in [6.45, 7) is 6.68. The Morgan fingerprint density at radius 3 is 2.56 bits per heavy atom. The summed E-state index contributed by atoms with van der Waals surface area (Å²) in [5.41, 5.74) is 0.578. The number of nitrogens with one attached hydrogen (secondary N) is 1. The lowest BCUT2D eigenvalue weighted by atomic mass is 9.51. The van der Waals surface area contributed by atoms with E-state index in [1.54, 1.807) is 43.3 Å². The normalized spacial score (nSPS) is 31.5. The molecule has 7 atom stereocenters. The van der Waals surface area contributed by atoms with Gasteiger partial charge in [0.1, 0.15) is 5.75 Å². The van der Waals surface area contributed by atoms with Gasteiger partial charge in [-0.3, -0.25) is 9.59 Å². The molecule has 2 amide bonds. The zero-order valence-electron chi connectivity index (χ0n) is 21.1. The first-order chi connectivity index (χ1) is 16.1. The molecule has 1 aromatic rings. The van der Waals surface area contributed by atoms with Crippen LogP contribution >= 0.6 is 0 Å². The third-order valence-electron chi connectivity index (χ3n) is 8.52. The van der Waals surface area contributed by atoms with Crippen molar-refractivity contribution < 1.29 is 19.4 Å². The molecule has 0 radical (unpaired) electrons. The molecule has 34 heavy (non-hydrogen) atoms. The summed E-state index contributed by atoms with van der Waals surface area (Å²) in [6.07, 6.45) is 3.27. The highest BCUT2D eigenvalue weighted by molar-refractivity contribution is 5.94. The van der Waals surface area contributed by atoms with Gasteiger partial charge in [0.05, 0.1) is 25.7 Å². The van der Waals surface area contributed by atoms with E-state index in [4.69, 9.17) is 10.00 Å². The van der Waals surface area contributed by atoms with Gasteiger partial charge in [-0.15, -0.1) is 0 Å². The molecule has 186 valence electrons. The van der Waals surface area contributed by atoms with Crippen molar-refractivity contribution in [1.82, 2.24) is 10.2 Å². The van der Waals surface area contributed by atoms with Crippen LogP contribution in [0.25, 0.3) is 0 Å². The number of amides is 2. The predicted octanol–water partition coefficient (Wildman–Crippen LogP) is 3.63. The molecule has 0 spiro atoms. The maximum absolute atomic E-state index is 13.0. The topological polar surface area (TPSA) is 103 Å². The predicted molar refractivity (Wildman–Crippen MR) is 130 cm³/mol. The summed E-state index contributed by atoms with van der Waals surface area (Å²) in [6, 6.07) is 9.11. The minimum Gasteiger partial charge on any atom is -0.497 e. The lowest BCUT2D eigenvalue weighted by Gasteiger charge is -2.56. The van der Waals surface area contributed by atoms with E-state index in [1.807, 2.05) is 6.92 Å². The number of fused-ring (bicyclic) bond motifs is 1. The van der Waals surface area contributed by atoms with E-state index in [0.717, 1.165) is 25.7 Å². The molecule has 7 heteroatoms. The fourth-order valence-electron chi connectivity index (χ4n) is 6.35. The van der Waals surface area contributed by atoms with Crippen molar-refractivity contribution >= 4 is 11.8 Å². The van der Waals surface area contributed by atoms with Crippen LogP contribution in [0.4, 0.5) is 0 Å². The molecule has 0 heterocycles. The monoisotopic (exact) mass is 469 g/mol. The molecule has 2 saturated carbocycles. The van der Waals surface area contributed by atoms with Crippen molar-refractivity contribution in [2.75, 3.05) is 20.7 Å². The number of rotatable bonds is 7. The highest BCUT2D eigenvalue weighted by atomic mass is 16.5. The third kappa shape index (κ3) is 5.22. The van der Waals surface area contributed by atoms with E-state index in [0.29, 0.717) is 24.3 Å². The van der Waals surface area contributed by atoms with E-state index >= 15 is 0 Å². The standard InChI is InChI=1S/C27H39N3O4/c1-17(26(33)30(4)16-6-15-28)21-11-13-27(3)14-12-22(18(2)23(27)24(21)31)29-25(32)19-7-9-20(34-5)10-8-19/h7-10,17-18,21-24,31H,6,11-14,16H2,1-5H3,(H,29,32)/t17-,18+,21+,22-,23+,24-,27-/m0/s1. The Labute approximate surface area is 203 Å². The largest absolute Gasteiger partial charge is 0.497 e. The highest BCUT2D eigenvalue weighted by Gasteiger charge is 2.54. The number of nitriles is 1. The van der Waals surface area contributed by atoms with Crippen molar-refractivity contribution in [2.45, 2.75) is 65.0 Å². The number of hydrogen-bond donors (Lipinski definition) is 2. The van der Waals surface area contributed by atoms with Crippen LogP contribution in [-0.2, 0) is 4.79 Å². The lowest BCUT2D eigenvalue weighted by molar-refractivity contribution is -0.149. The van der Waals surface area contributed by atoms with Gasteiger partial charge in [-0.25, -0.2) is 0 Å². The Balaban J connectivity index is 1.72. The van der Waals surface area contributed by atoms with Crippen molar-refractivity contribution in [2.24, 2.45) is 29.1 Å². The number of nitrogens with zero attached hydrogens (tertiary/aromatic N) is 2. The van der Waals surface area contributed by atoms with Gasteiger partial charge in [0, 0.05) is 31.1 Å². The van der Waals surface area contributed by atoms with Gasteiger partial charge in [0.25, 0.3) is 5.91 Å². The molecule has 0 aromatic heterocycles. The van der Waals surface area contributed by atoms with E-state index in [1.165, 1.54) is 0 Å². The number of aliphatic hydroxyl groups is 1. The summed E-state index contributed by atoms with van der Waals surface area (Å²) < 4.78 is 5.18. The molecule has 0 aliphatic heterocycles. The molecule has 2 fully saturated rings. The first-order valence-corrected chi connectivity index (χ1v) is 12.4. The zero-order valence-corrected chi connectivity index (χ0v) is 21.1. The van der Waals surface area contributed by atoms with Gasteiger partial charge in [0.2, 0.25) is 5.91 Å². The number of carbonyl (C=O) groups excluding carboxylic acids is 2. The van der Waals surface area contributed by atoms with Crippen LogP contribution in [0.5, 0.6) is 5.75 Å². The van der Waals surface area contributed by atoms with Gasteiger partial charge in [-0.2, -0.15) is 5.26 Å². The van der Waals surface area contributed by atoms with Crippen molar-refractivity contribution in [3.8, 4) is 11.8 Å². The second-order valence-corrected chi connectivity index (χ2v) is 10.5. The maximum atomic E-state index is 13.0. The molecule has 3 rings (SSSR count). The number of hydrogen-bond acceptors (Lipinski definition) is 5. The summed E-state index contributed by atoms with van der Waals surface area (Å²) >= 11 is 0. The molecular formula is C27H39N3O4. The van der Waals surface area contributed by atoms with Gasteiger partial charge >= 0.3 is 0 Å². The Hall–Kier alpha value is -2.59. The van der Waals surface area contributed by atoms with E-state index < -0.39 is 6.10 Å². The Bertz CT molecular complexity index is 911. The zero-order chi connectivity index (χ0) is 25.0. The van der Waals surface area contributed by atoms with Gasteiger partial charge in [0.15, 0.2) is 0 Å². The third-order valence-corrected chi connectivity index (χ3v) is 8.52. The fourth-order valence-corrected chi connectivity index (χ4v) is 6.35. The average Bonchev–Trinajstić information content (AvgIpc) is 2.83. The van der Waals surface area contributed by atoms with E-state index in [2.05, 4.69) is 25.2 Å². The molecule has 0 unspecified atom stereocenters. The van der Waals surface area contributed by atoms with Crippen LogP contribution in [0.15, 0.2) is 24.3 Å². The van der Waals surface area contributed by atoms with Crippen LogP contribution in [-0.4, -0.2) is 54.7 Å². The minimum atomic E-state index is -0.613. The smallest absolute Gasteiger partial charge is 0.251 e. The molecule has 7 nitrogen and oxygen atoms in total. The van der Waals surface area contributed by atoms with Crippen molar-refractivity contribution in [3.63, 3.8) is 0 Å². The number of carbonyl (C=O) groups is 2. The number of aliphatic hydroxyl groups excluding tert-OH is 1. The molecule has 1 aromatic carbocycles. The van der Waals surface area contributed by atoms with Crippen LogP contribution in [0.1, 0.15) is 63.2 Å². The quantitative estimate of drug-likeness (QED) is 0.635. The Morgan fingerprint density at radius 2 is 1.94 bits per heavy atom. The summed E-state index contributed by atoms with van der Waals surface area (Å²) in [5, 5.41) is 23.6. The lowest BCUT2D eigenvalue weighted by Crippen LogP contribution is -2.58. The maximum Gasteiger partial charge on any atom is 0.251 e. The second-order valence-electron chi connectivity index (χ2n) is 10.5. The fraction of sp³-hybridized carbons (Fsp3) is 0.667. The van der Waals surface area contributed by atoms with Crippen LogP contribution < -0.4 is 10.1 Å². The second kappa shape index (κ2) is 10.8. The van der Waals surface area contributed by atoms with E-state index in [9.17, 15) is 14.7 Å². The van der Waals surface area contributed by atoms with E-state index in [-0.39, 0.29) is 46.9 Å². The van der Waals surface area contributed by atoms with Crippen molar-refractivity contribution in [3.05, 3.63) is 29.8 Å². The number of methoxy groups -OCH3 is 1. The van der Waals surface area contributed by atoms with Gasteiger partial charge < -0.3 is 20.1 Å². The van der Waals surface area contributed by atoms with Gasteiger partial charge in [-0.05, 0) is 73.1 Å². The first kappa shape index (κ1) is 26.0. The Morgan fingerprint density at radius 1 is 1.29 bits per heavy atom. The van der Waals surface area contributed by atoms with Crippen molar-refractivity contribution in [1.29, 1.82) is 5.26 Å². The number of ether oxygens (including phenoxy) is 1. The number of benzene rings is 1. The SMILES string of the molecule is COc1ccc(C(=O)N[C@H]2CC[C@]3(C)CC[C@H]([C@H](C)C(=O)N(C)CCC#N)[C@H](O)[C@H]3[C@@H]2C)cc1. The average molecular weight is 470 g/mol. The minimum absolute atomic E-state index is 0.000770. The molecular weight excluding hydrogens is 430 g/mol. The molecule has 2 aliphatic carbocycles. The highest BCUT2D eigenvalue weighted by Crippen LogP contribution is 2.55. The molecule has 2 aliphatic rings. The van der Waals surface area contributed by atoms with Crippen LogP contribution in [0, 0.1) is 40.4 Å². The first-order valence-electron chi connectivity index (χ1n) is 12.4. The molecule has 0 bridgehead atoms. The summed E-state index contributed by atoms with van der Waals surface area (Å²) in [7, 11) is 3.32. The summed E-state index contributed by atoms with van der Waals surface area (Å²) in [5.74, 6) is 0.205. The van der Waals surface area contributed by atoms with Crippen LogP contribution in [0.2, 0.25) is 0 Å². The molecule has 0 saturated heterocycles. The van der Waals surface area contributed by atoms with Gasteiger partial charge in [-0.1, -0.05) is 20.8 Å². The van der Waals surface area contributed by atoms with Crippen LogP contribution in [0.3, 0.4) is 0 Å². The summed E-state index contributed by atoms with van der Waals surface area (Å²) in [4.78, 5) is 27.5. The Kier molecular flexibility index (Phi) is 8.25.